The van der Waals surface area contributed by atoms with E-state index >= 15 is 0 Å². The zero-order chi connectivity index (χ0) is 8.97. The Morgan fingerprint density at radius 1 is 1.50 bits per heavy atom. The molecule has 0 atom stereocenters. The highest BCUT2D eigenvalue weighted by atomic mass is 16.1. The molecule has 12 heavy (non-hydrogen) atoms. The molecule has 0 aliphatic heterocycles. The number of anilines is 1. The van der Waals surface area contributed by atoms with Gasteiger partial charge in [-0.2, -0.15) is 0 Å². The van der Waals surface area contributed by atoms with Crippen molar-refractivity contribution >= 4 is 12.1 Å². The van der Waals surface area contributed by atoms with Gasteiger partial charge in [-0.25, -0.2) is 0 Å². The largest absolute Gasteiger partial charge is 0.315 e. The Morgan fingerprint density at radius 2 is 2.25 bits per heavy atom. The van der Waals surface area contributed by atoms with Crippen molar-refractivity contribution < 1.29 is 4.79 Å². The summed E-state index contributed by atoms with van der Waals surface area (Å²) in [6.07, 6.45) is 0.856. The van der Waals surface area contributed by atoms with E-state index in [4.69, 9.17) is 0 Å². The average molecular weight is 163 g/mol. The van der Waals surface area contributed by atoms with E-state index in [1.165, 1.54) is 5.56 Å². The molecule has 64 valence electrons. The lowest BCUT2D eigenvalue weighted by Crippen LogP contribution is -2.19. The van der Waals surface area contributed by atoms with Gasteiger partial charge in [0.1, 0.15) is 0 Å². The van der Waals surface area contributed by atoms with Crippen LogP contribution in [-0.2, 0) is 4.79 Å². The molecule has 0 aliphatic carbocycles. The molecule has 0 heterocycles. The minimum Gasteiger partial charge on any atom is -0.315 e. The maximum absolute atomic E-state index is 10.6. The quantitative estimate of drug-likeness (QED) is 0.624. The van der Waals surface area contributed by atoms with Crippen LogP contribution in [0, 0.1) is 6.92 Å². The van der Waals surface area contributed by atoms with E-state index < -0.39 is 0 Å². The van der Waals surface area contributed by atoms with Gasteiger partial charge in [-0.1, -0.05) is 12.1 Å². The van der Waals surface area contributed by atoms with Crippen LogP contribution in [-0.4, -0.2) is 13.0 Å². The van der Waals surface area contributed by atoms with Crippen LogP contribution in [0.2, 0.25) is 0 Å². The topological polar surface area (TPSA) is 20.3 Å². The van der Waals surface area contributed by atoms with E-state index in [0.29, 0.717) is 6.54 Å². The maximum Gasteiger partial charge on any atom is 0.214 e. The van der Waals surface area contributed by atoms with Crippen LogP contribution in [0.15, 0.2) is 24.3 Å². The normalized spacial score (nSPS) is 9.50. The second-order valence-corrected chi connectivity index (χ2v) is 2.73. The van der Waals surface area contributed by atoms with Gasteiger partial charge in [0.15, 0.2) is 0 Å². The predicted octanol–water partition coefficient (Wildman–Crippen LogP) is 1.98. The minimum absolute atomic E-state index is 0.715. The number of carbonyl (C=O) groups excluding carboxylic acids is 1. The van der Waals surface area contributed by atoms with Crippen molar-refractivity contribution in [1.82, 2.24) is 0 Å². The van der Waals surface area contributed by atoms with Gasteiger partial charge in [-0.05, 0) is 31.5 Å². The van der Waals surface area contributed by atoms with Gasteiger partial charge in [0.05, 0.1) is 0 Å². The minimum atomic E-state index is 0.715. The van der Waals surface area contributed by atoms with E-state index in [1.807, 2.05) is 38.1 Å². The lowest BCUT2D eigenvalue weighted by molar-refractivity contribution is -0.107. The summed E-state index contributed by atoms with van der Waals surface area (Å²) in [5, 5.41) is 0. The number of hydrogen-bond acceptors (Lipinski definition) is 1. The summed E-state index contributed by atoms with van der Waals surface area (Å²) in [5.74, 6) is 0. The molecule has 0 unspecified atom stereocenters. The Balaban J connectivity index is 2.93. The molecule has 1 amide bonds. The average Bonchev–Trinajstić information content (AvgIpc) is 2.07. The van der Waals surface area contributed by atoms with Gasteiger partial charge < -0.3 is 4.90 Å². The molecule has 0 fully saturated rings. The molecule has 2 nitrogen and oxygen atoms in total. The van der Waals surface area contributed by atoms with Crippen molar-refractivity contribution in [2.24, 2.45) is 0 Å². The Kier molecular flexibility index (Phi) is 2.86. The number of carbonyl (C=O) groups is 1. The summed E-state index contributed by atoms with van der Waals surface area (Å²) in [5.41, 5.74) is 2.14. The summed E-state index contributed by atoms with van der Waals surface area (Å²) < 4.78 is 0. The smallest absolute Gasteiger partial charge is 0.214 e. The number of nitrogens with zero attached hydrogens (tertiary/aromatic N) is 1. The van der Waals surface area contributed by atoms with Gasteiger partial charge in [0.25, 0.3) is 0 Å². The molecule has 0 radical (unpaired) electrons. The van der Waals surface area contributed by atoms with Gasteiger partial charge in [-0.15, -0.1) is 0 Å². The molecule has 1 rings (SSSR count). The van der Waals surface area contributed by atoms with E-state index in [1.54, 1.807) is 4.90 Å². The maximum atomic E-state index is 10.6. The summed E-state index contributed by atoms with van der Waals surface area (Å²) in [6.45, 7) is 4.69. The number of hydrogen-bond donors (Lipinski definition) is 0. The molecular weight excluding hydrogens is 150 g/mol. The number of rotatable bonds is 3. The van der Waals surface area contributed by atoms with Crippen LogP contribution in [0.4, 0.5) is 5.69 Å². The third-order valence-corrected chi connectivity index (χ3v) is 1.80. The molecule has 0 N–H and O–H groups in total. The Bertz CT molecular complexity index is 270. The fourth-order valence-electron chi connectivity index (χ4n) is 1.12. The van der Waals surface area contributed by atoms with Gasteiger partial charge in [0, 0.05) is 12.2 Å². The standard InChI is InChI=1S/C10H13NO/c1-3-11(8-12)10-6-4-5-9(2)7-10/h4-8H,3H2,1-2H3. The SMILES string of the molecule is CCN(C=O)c1cccc(C)c1. The molecule has 2 heteroatoms. The summed E-state index contributed by atoms with van der Waals surface area (Å²) in [7, 11) is 0. The fourth-order valence-corrected chi connectivity index (χ4v) is 1.12. The highest BCUT2D eigenvalue weighted by Crippen LogP contribution is 2.13. The first-order valence-electron chi connectivity index (χ1n) is 4.06. The Hall–Kier alpha value is -1.31. The summed E-state index contributed by atoms with van der Waals surface area (Å²) in [6, 6.07) is 7.90. The van der Waals surface area contributed by atoms with Crippen LogP contribution in [0.3, 0.4) is 0 Å². The van der Waals surface area contributed by atoms with Crippen molar-refractivity contribution in [1.29, 1.82) is 0 Å². The number of amides is 1. The second-order valence-electron chi connectivity index (χ2n) is 2.73. The van der Waals surface area contributed by atoms with Crippen LogP contribution < -0.4 is 4.90 Å². The zero-order valence-corrected chi connectivity index (χ0v) is 7.45. The van der Waals surface area contributed by atoms with Crippen molar-refractivity contribution in [3.05, 3.63) is 29.8 Å². The Morgan fingerprint density at radius 3 is 2.75 bits per heavy atom. The van der Waals surface area contributed by atoms with Crippen LogP contribution >= 0.6 is 0 Å². The molecule has 1 aromatic carbocycles. The van der Waals surface area contributed by atoms with Crippen LogP contribution in [0.5, 0.6) is 0 Å². The van der Waals surface area contributed by atoms with Crippen LogP contribution in [0.25, 0.3) is 0 Å². The monoisotopic (exact) mass is 163 g/mol. The first kappa shape index (κ1) is 8.78. The van der Waals surface area contributed by atoms with E-state index in [2.05, 4.69) is 0 Å². The lowest BCUT2D eigenvalue weighted by atomic mass is 10.2. The van der Waals surface area contributed by atoms with Crippen molar-refractivity contribution in [2.75, 3.05) is 11.4 Å². The molecular formula is C10H13NO. The van der Waals surface area contributed by atoms with Gasteiger partial charge >= 0.3 is 0 Å². The molecule has 0 aromatic heterocycles. The molecule has 0 saturated carbocycles. The second kappa shape index (κ2) is 3.90. The van der Waals surface area contributed by atoms with Crippen molar-refractivity contribution in [3.8, 4) is 0 Å². The van der Waals surface area contributed by atoms with Gasteiger partial charge in [-0.3, -0.25) is 4.79 Å². The van der Waals surface area contributed by atoms with Crippen molar-refractivity contribution in [2.45, 2.75) is 13.8 Å². The lowest BCUT2D eigenvalue weighted by Gasteiger charge is -2.14. The predicted molar refractivity (Wildman–Crippen MR) is 50.3 cm³/mol. The van der Waals surface area contributed by atoms with E-state index in [9.17, 15) is 4.79 Å². The highest BCUT2D eigenvalue weighted by molar-refractivity contribution is 5.74. The first-order valence-corrected chi connectivity index (χ1v) is 4.06. The molecule has 0 spiro atoms. The third-order valence-electron chi connectivity index (χ3n) is 1.80. The highest BCUT2D eigenvalue weighted by Gasteiger charge is 2.00. The summed E-state index contributed by atoms with van der Waals surface area (Å²) >= 11 is 0. The zero-order valence-electron chi connectivity index (χ0n) is 7.45. The first-order chi connectivity index (χ1) is 5.77. The third kappa shape index (κ3) is 1.84. The molecule has 1 aromatic rings. The number of benzene rings is 1. The van der Waals surface area contributed by atoms with E-state index in [0.717, 1.165) is 12.1 Å². The number of aryl methyl sites for hydroxylation is 1. The molecule has 0 saturated heterocycles. The van der Waals surface area contributed by atoms with Crippen LogP contribution in [0.1, 0.15) is 12.5 Å². The molecule has 0 bridgehead atoms. The van der Waals surface area contributed by atoms with Crippen molar-refractivity contribution in [3.63, 3.8) is 0 Å². The van der Waals surface area contributed by atoms with Gasteiger partial charge in [0.2, 0.25) is 6.41 Å². The molecule has 0 aliphatic rings. The Labute approximate surface area is 72.8 Å². The van der Waals surface area contributed by atoms with E-state index in [-0.39, 0.29) is 0 Å². The fraction of sp³-hybridized carbons (Fsp3) is 0.300. The summed E-state index contributed by atoms with van der Waals surface area (Å²) in [4.78, 5) is 12.2.